The number of ether oxygens (including phenoxy) is 1. The van der Waals surface area contributed by atoms with Crippen molar-refractivity contribution >= 4 is 5.91 Å². The normalized spacial score (nSPS) is 19.7. The lowest BCUT2D eigenvalue weighted by molar-refractivity contribution is 0.0732. The van der Waals surface area contributed by atoms with Gasteiger partial charge in [-0.3, -0.25) is 4.79 Å². The van der Waals surface area contributed by atoms with Crippen LogP contribution < -0.4 is 10.1 Å². The van der Waals surface area contributed by atoms with Gasteiger partial charge in [0.25, 0.3) is 5.91 Å². The van der Waals surface area contributed by atoms with Crippen LogP contribution in [0.1, 0.15) is 52.7 Å². The highest BCUT2D eigenvalue weighted by Gasteiger charge is 2.25. The number of fused-ring (bicyclic) bond motifs is 1. The molecule has 2 aliphatic rings. The third-order valence-corrected chi connectivity index (χ3v) is 5.18. The van der Waals surface area contributed by atoms with E-state index in [1.807, 2.05) is 29.3 Å². The van der Waals surface area contributed by atoms with Gasteiger partial charge in [-0.15, -0.1) is 0 Å². The van der Waals surface area contributed by atoms with Gasteiger partial charge in [0.05, 0.1) is 18.8 Å². The molecule has 1 atom stereocenters. The van der Waals surface area contributed by atoms with E-state index in [4.69, 9.17) is 9.72 Å². The molecule has 1 amide bonds. The van der Waals surface area contributed by atoms with Gasteiger partial charge in [0.1, 0.15) is 11.6 Å². The first-order valence-electron chi connectivity index (χ1n) is 9.26. The van der Waals surface area contributed by atoms with Crippen molar-refractivity contribution in [2.75, 3.05) is 20.2 Å². The molecule has 1 saturated heterocycles. The minimum absolute atomic E-state index is 0.0209. The monoisotopic (exact) mass is 352 g/mol. The summed E-state index contributed by atoms with van der Waals surface area (Å²) >= 11 is 0. The van der Waals surface area contributed by atoms with Crippen LogP contribution in [0.5, 0.6) is 5.75 Å². The van der Waals surface area contributed by atoms with Crippen molar-refractivity contribution in [1.29, 1.82) is 0 Å². The third-order valence-electron chi connectivity index (χ3n) is 5.18. The summed E-state index contributed by atoms with van der Waals surface area (Å²) in [5.74, 6) is 1.62. The topological polar surface area (TPSA) is 67.3 Å². The first-order valence-corrected chi connectivity index (χ1v) is 9.26. The molecule has 1 unspecified atom stereocenters. The number of carbonyl (C=O) groups is 1. The highest BCUT2D eigenvalue weighted by molar-refractivity contribution is 5.94. The lowest BCUT2D eigenvalue weighted by atomic mass is 10.0. The lowest BCUT2D eigenvalue weighted by Crippen LogP contribution is -2.37. The molecule has 1 aromatic heterocycles. The summed E-state index contributed by atoms with van der Waals surface area (Å²) in [6.07, 6.45) is 6.22. The van der Waals surface area contributed by atoms with Crippen molar-refractivity contribution < 1.29 is 9.53 Å². The number of piperidine rings is 1. The van der Waals surface area contributed by atoms with Gasteiger partial charge in [0, 0.05) is 36.8 Å². The van der Waals surface area contributed by atoms with Crippen LogP contribution in [-0.2, 0) is 13.0 Å². The molecule has 0 aliphatic carbocycles. The Morgan fingerprint density at radius 1 is 1.35 bits per heavy atom. The average molecular weight is 352 g/mol. The van der Waals surface area contributed by atoms with Crippen LogP contribution in [0.4, 0.5) is 0 Å². The second kappa shape index (κ2) is 7.41. The molecule has 0 radical (unpaired) electrons. The summed E-state index contributed by atoms with van der Waals surface area (Å²) < 4.78 is 5.22. The van der Waals surface area contributed by atoms with Gasteiger partial charge in [0.2, 0.25) is 0 Å². The Kier molecular flexibility index (Phi) is 4.84. The molecule has 1 aromatic carbocycles. The number of hydrogen-bond donors (Lipinski definition) is 1. The number of nitrogens with zero attached hydrogens (tertiary/aromatic N) is 3. The number of amides is 1. The molecule has 1 fully saturated rings. The van der Waals surface area contributed by atoms with E-state index in [0.717, 1.165) is 36.5 Å². The maximum atomic E-state index is 12.8. The van der Waals surface area contributed by atoms with Gasteiger partial charge >= 0.3 is 0 Å². The van der Waals surface area contributed by atoms with E-state index >= 15 is 0 Å². The second-order valence-electron chi connectivity index (χ2n) is 6.91. The Balaban J connectivity index is 1.49. The zero-order valence-corrected chi connectivity index (χ0v) is 15.1. The van der Waals surface area contributed by atoms with Gasteiger partial charge in [-0.05, 0) is 37.6 Å². The minimum Gasteiger partial charge on any atom is -0.497 e. The quantitative estimate of drug-likeness (QED) is 0.919. The number of nitrogens with one attached hydrogen (secondary N) is 1. The van der Waals surface area contributed by atoms with E-state index in [2.05, 4.69) is 10.3 Å². The van der Waals surface area contributed by atoms with Crippen LogP contribution in [0.15, 0.2) is 30.5 Å². The van der Waals surface area contributed by atoms with Gasteiger partial charge in [-0.1, -0.05) is 12.5 Å². The summed E-state index contributed by atoms with van der Waals surface area (Å²) in [5.41, 5.74) is 2.78. The fourth-order valence-electron chi connectivity index (χ4n) is 3.68. The molecule has 6 nitrogen and oxygen atoms in total. The van der Waals surface area contributed by atoms with Crippen LogP contribution in [0, 0.1) is 0 Å². The number of rotatable bonds is 3. The van der Waals surface area contributed by atoms with Crippen LogP contribution in [0.2, 0.25) is 0 Å². The first kappa shape index (κ1) is 17.0. The smallest absolute Gasteiger partial charge is 0.254 e. The number of methoxy groups -OCH3 is 1. The molecule has 1 N–H and O–H groups in total. The van der Waals surface area contributed by atoms with E-state index in [1.54, 1.807) is 13.2 Å². The minimum atomic E-state index is 0.0209. The summed E-state index contributed by atoms with van der Waals surface area (Å²) in [5, 5.41) is 3.50. The number of carbonyl (C=O) groups excluding carboxylic acids is 1. The summed E-state index contributed by atoms with van der Waals surface area (Å²) in [6.45, 7) is 2.27. The SMILES string of the molecule is COc1cccc(C(=O)N2CCc3nc(C4CCCCN4)ncc3C2)c1. The van der Waals surface area contributed by atoms with Crippen molar-refractivity contribution in [2.24, 2.45) is 0 Å². The summed E-state index contributed by atoms with van der Waals surface area (Å²) in [7, 11) is 1.61. The Hall–Kier alpha value is -2.47. The predicted molar refractivity (Wildman–Crippen MR) is 98.1 cm³/mol. The zero-order chi connectivity index (χ0) is 17.9. The molecular weight excluding hydrogens is 328 g/mol. The summed E-state index contributed by atoms with van der Waals surface area (Å²) in [6, 6.07) is 7.57. The molecule has 0 saturated carbocycles. The largest absolute Gasteiger partial charge is 0.497 e. The van der Waals surface area contributed by atoms with Crippen molar-refractivity contribution in [2.45, 2.75) is 38.3 Å². The first-order chi connectivity index (χ1) is 12.7. The van der Waals surface area contributed by atoms with E-state index in [-0.39, 0.29) is 11.9 Å². The standard InChI is InChI=1S/C20H24N4O2/c1-26-16-6-4-5-14(11-16)20(25)24-10-8-17-15(13-24)12-22-19(23-17)18-7-2-3-9-21-18/h4-6,11-12,18,21H,2-3,7-10,13H2,1H3. The zero-order valence-electron chi connectivity index (χ0n) is 15.1. The molecule has 2 aromatic rings. The molecule has 26 heavy (non-hydrogen) atoms. The molecule has 0 spiro atoms. The Labute approximate surface area is 153 Å². The number of hydrogen-bond acceptors (Lipinski definition) is 5. The number of aromatic nitrogens is 2. The van der Waals surface area contributed by atoms with Gasteiger partial charge in [-0.25, -0.2) is 9.97 Å². The van der Waals surface area contributed by atoms with Crippen LogP contribution >= 0.6 is 0 Å². The van der Waals surface area contributed by atoms with E-state index in [0.29, 0.717) is 24.4 Å². The molecular formula is C20H24N4O2. The molecule has 2 aliphatic heterocycles. The second-order valence-corrected chi connectivity index (χ2v) is 6.91. The van der Waals surface area contributed by atoms with Crippen molar-refractivity contribution in [3.63, 3.8) is 0 Å². The molecule has 6 heteroatoms. The highest BCUT2D eigenvalue weighted by Crippen LogP contribution is 2.24. The fraction of sp³-hybridized carbons (Fsp3) is 0.450. The maximum Gasteiger partial charge on any atom is 0.254 e. The van der Waals surface area contributed by atoms with E-state index in [1.165, 1.54) is 12.8 Å². The van der Waals surface area contributed by atoms with Crippen molar-refractivity contribution in [3.05, 3.63) is 53.1 Å². The highest BCUT2D eigenvalue weighted by atomic mass is 16.5. The van der Waals surface area contributed by atoms with Gasteiger partial charge in [-0.2, -0.15) is 0 Å². The molecule has 4 rings (SSSR count). The van der Waals surface area contributed by atoms with Crippen molar-refractivity contribution in [1.82, 2.24) is 20.2 Å². The molecule has 3 heterocycles. The van der Waals surface area contributed by atoms with Crippen molar-refractivity contribution in [3.8, 4) is 5.75 Å². The van der Waals surface area contributed by atoms with Crippen LogP contribution in [0.25, 0.3) is 0 Å². The molecule has 136 valence electrons. The average Bonchev–Trinajstić information content (AvgIpc) is 2.73. The van der Waals surface area contributed by atoms with Crippen LogP contribution in [-0.4, -0.2) is 41.0 Å². The lowest BCUT2D eigenvalue weighted by Gasteiger charge is -2.29. The van der Waals surface area contributed by atoms with Gasteiger partial charge in [0.15, 0.2) is 0 Å². The van der Waals surface area contributed by atoms with E-state index < -0.39 is 0 Å². The number of benzene rings is 1. The Bertz CT molecular complexity index is 802. The van der Waals surface area contributed by atoms with Gasteiger partial charge < -0.3 is 15.0 Å². The molecule has 0 bridgehead atoms. The summed E-state index contributed by atoms with van der Waals surface area (Å²) in [4.78, 5) is 24.0. The predicted octanol–water partition coefficient (Wildman–Crippen LogP) is 2.50. The Morgan fingerprint density at radius 3 is 3.08 bits per heavy atom. The Morgan fingerprint density at radius 2 is 2.27 bits per heavy atom. The third kappa shape index (κ3) is 3.42. The van der Waals surface area contributed by atoms with Crippen LogP contribution in [0.3, 0.4) is 0 Å². The maximum absolute atomic E-state index is 12.8. The fourth-order valence-corrected chi connectivity index (χ4v) is 3.68. The van der Waals surface area contributed by atoms with E-state index in [9.17, 15) is 4.79 Å².